The van der Waals surface area contributed by atoms with Gasteiger partial charge < -0.3 is 10.1 Å². The minimum Gasteiger partial charge on any atom is -0.490 e. The number of sulfonamides is 1. The third-order valence-corrected chi connectivity index (χ3v) is 6.09. The molecule has 1 N–H and O–H groups in total. The number of nitrogens with zero attached hydrogens (tertiary/aromatic N) is 1. The lowest BCUT2D eigenvalue weighted by molar-refractivity contribution is 0.102. The number of rotatable bonds is 7. The molecule has 1 fully saturated rings. The predicted molar refractivity (Wildman–Crippen MR) is 112 cm³/mol. The number of benzene rings is 2. The molecule has 28 heavy (non-hydrogen) atoms. The van der Waals surface area contributed by atoms with Crippen LogP contribution in [0.3, 0.4) is 0 Å². The van der Waals surface area contributed by atoms with Gasteiger partial charge in [-0.15, -0.1) is 0 Å². The molecule has 0 aliphatic heterocycles. The first-order chi connectivity index (χ1) is 13.4. The van der Waals surface area contributed by atoms with Crippen molar-refractivity contribution in [1.29, 1.82) is 0 Å². The fourth-order valence-corrected chi connectivity index (χ4v) is 4.38. The van der Waals surface area contributed by atoms with Crippen LogP contribution in [0, 0.1) is 0 Å². The first-order valence-electron chi connectivity index (χ1n) is 9.52. The lowest BCUT2D eigenvalue weighted by Gasteiger charge is -2.20. The Bertz CT molecular complexity index is 902. The van der Waals surface area contributed by atoms with E-state index in [4.69, 9.17) is 4.74 Å². The third kappa shape index (κ3) is 5.04. The standard InChI is InChI=1S/C21H26N2O4S/c1-3-23(28(2,25)26)18-12-8-16(9-13-18)21(24)22-17-10-14-20(15-11-17)27-19-6-4-5-7-19/h8-15,19H,3-7H2,1-2H3,(H,22,24). The number of anilines is 2. The molecular weight excluding hydrogens is 376 g/mol. The number of nitrogens with one attached hydrogen (secondary N) is 1. The third-order valence-electron chi connectivity index (χ3n) is 4.82. The van der Waals surface area contributed by atoms with Gasteiger partial charge in [0.2, 0.25) is 10.0 Å². The van der Waals surface area contributed by atoms with Crippen LogP contribution in [0.4, 0.5) is 11.4 Å². The summed E-state index contributed by atoms with van der Waals surface area (Å²) in [6, 6.07) is 13.9. The Morgan fingerprint density at radius 3 is 2.21 bits per heavy atom. The molecule has 1 saturated carbocycles. The Morgan fingerprint density at radius 2 is 1.68 bits per heavy atom. The maximum Gasteiger partial charge on any atom is 0.255 e. The lowest BCUT2D eigenvalue weighted by Crippen LogP contribution is -2.29. The van der Waals surface area contributed by atoms with Gasteiger partial charge in [-0.3, -0.25) is 9.10 Å². The number of hydrogen-bond acceptors (Lipinski definition) is 4. The zero-order chi connectivity index (χ0) is 20.1. The van der Waals surface area contributed by atoms with Gasteiger partial charge in [0.1, 0.15) is 5.75 Å². The molecule has 0 aromatic heterocycles. The molecule has 0 radical (unpaired) electrons. The highest BCUT2D eigenvalue weighted by molar-refractivity contribution is 7.92. The Kier molecular flexibility index (Phi) is 6.24. The summed E-state index contributed by atoms with van der Waals surface area (Å²) in [4.78, 5) is 12.5. The van der Waals surface area contributed by atoms with Gasteiger partial charge in [0.15, 0.2) is 0 Å². The first-order valence-corrected chi connectivity index (χ1v) is 11.4. The molecule has 6 nitrogen and oxygen atoms in total. The van der Waals surface area contributed by atoms with Crippen molar-refractivity contribution in [2.24, 2.45) is 0 Å². The predicted octanol–water partition coefficient (Wildman–Crippen LogP) is 4.05. The van der Waals surface area contributed by atoms with Crippen LogP contribution in [0.25, 0.3) is 0 Å². The van der Waals surface area contributed by atoms with Crippen molar-refractivity contribution in [2.75, 3.05) is 22.4 Å². The van der Waals surface area contributed by atoms with Gasteiger partial charge in [-0.1, -0.05) is 0 Å². The summed E-state index contributed by atoms with van der Waals surface area (Å²) in [5, 5.41) is 2.85. The van der Waals surface area contributed by atoms with E-state index in [1.54, 1.807) is 31.2 Å². The summed E-state index contributed by atoms with van der Waals surface area (Å²) in [5.41, 5.74) is 1.67. The zero-order valence-electron chi connectivity index (χ0n) is 16.2. The molecule has 2 aromatic carbocycles. The van der Waals surface area contributed by atoms with E-state index in [1.807, 2.05) is 24.3 Å². The van der Waals surface area contributed by atoms with Crippen LogP contribution in [0.2, 0.25) is 0 Å². The van der Waals surface area contributed by atoms with E-state index in [0.717, 1.165) is 24.8 Å². The molecule has 0 unspecified atom stereocenters. The van der Waals surface area contributed by atoms with E-state index in [0.29, 0.717) is 29.6 Å². The zero-order valence-corrected chi connectivity index (χ0v) is 17.0. The molecule has 1 aliphatic rings. The van der Waals surface area contributed by atoms with E-state index in [9.17, 15) is 13.2 Å². The van der Waals surface area contributed by atoms with Crippen LogP contribution in [0.15, 0.2) is 48.5 Å². The van der Waals surface area contributed by atoms with E-state index < -0.39 is 10.0 Å². The highest BCUT2D eigenvalue weighted by Crippen LogP contribution is 2.25. The molecule has 2 aromatic rings. The molecule has 0 atom stereocenters. The topological polar surface area (TPSA) is 75.7 Å². The highest BCUT2D eigenvalue weighted by atomic mass is 32.2. The summed E-state index contributed by atoms with van der Waals surface area (Å²) in [6.45, 7) is 2.10. The normalized spacial score (nSPS) is 14.6. The molecule has 150 valence electrons. The van der Waals surface area contributed by atoms with E-state index in [2.05, 4.69) is 5.32 Å². The van der Waals surface area contributed by atoms with E-state index >= 15 is 0 Å². The second-order valence-corrected chi connectivity index (χ2v) is 8.88. The minimum absolute atomic E-state index is 0.251. The van der Waals surface area contributed by atoms with Gasteiger partial charge in [-0.2, -0.15) is 0 Å². The van der Waals surface area contributed by atoms with Crippen molar-refractivity contribution in [1.82, 2.24) is 0 Å². The van der Waals surface area contributed by atoms with Crippen molar-refractivity contribution in [3.8, 4) is 5.75 Å². The van der Waals surface area contributed by atoms with Gasteiger partial charge in [0, 0.05) is 17.8 Å². The fraction of sp³-hybridized carbons (Fsp3) is 0.381. The smallest absolute Gasteiger partial charge is 0.255 e. The van der Waals surface area contributed by atoms with Crippen LogP contribution in [0.5, 0.6) is 5.75 Å². The molecule has 0 saturated heterocycles. The van der Waals surface area contributed by atoms with Gasteiger partial charge in [-0.25, -0.2) is 8.42 Å². The Hall–Kier alpha value is -2.54. The van der Waals surface area contributed by atoms with Gasteiger partial charge >= 0.3 is 0 Å². The summed E-state index contributed by atoms with van der Waals surface area (Å²) in [5.74, 6) is 0.563. The number of ether oxygens (including phenoxy) is 1. The maximum atomic E-state index is 12.5. The number of amides is 1. The van der Waals surface area contributed by atoms with Crippen molar-refractivity contribution >= 4 is 27.3 Å². The molecule has 7 heteroatoms. The van der Waals surface area contributed by atoms with Gasteiger partial charge in [0.25, 0.3) is 5.91 Å². The van der Waals surface area contributed by atoms with E-state index in [1.165, 1.54) is 17.1 Å². The largest absolute Gasteiger partial charge is 0.490 e. The van der Waals surface area contributed by atoms with Crippen LogP contribution in [0.1, 0.15) is 43.0 Å². The summed E-state index contributed by atoms with van der Waals surface area (Å²) >= 11 is 0. The van der Waals surface area contributed by atoms with Gasteiger partial charge in [0.05, 0.1) is 18.0 Å². The lowest BCUT2D eigenvalue weighted by atomic mass is 10.2. The SMILES string of the molecule is CCN(c1ccc(C(=O)Nc2ccc(OC3CCCC3)cc2)cc1)S(C)(=O)=O. The molecule has 0 spiro atoms. The Labute approximate surface area is 166 Å². The summed E-state index contributed by atoms with van der Waals surface area (Å²) in [6.07, 6.45) is 6.10. The van der Waals surface area contributed by atoms with Crippen molar-refractivity contribution in [3.05, 3.63) is 54.1 Å². The maximum absolute atomic E-state index is 12.5. The van der Waals surface area contributed by atoms with Crippen molar-refractivity contribution in [3.63, 3.8) is 0 Å². The highest BCUT2D eigenvalue weighted by Gasteiger charge is 2.17. The second kappa shape index (κ2) is 8.65. The Morgan fingerprint density at radius 1 is 1.07 bits per heavy atom. The molecule has 1 aliphatic carbocycles. The monoisotopic (exact) mass is 402 g/mol. The van der Waals surface area contributed by atoms with Gasteiger partial charge in [-0.05, 0) is 81.1 Å². The summed E-state index contributed by atoms with van der Waals surface area (Å²) < 4.78 is 30.8. The van der Waals surface area contributed by atoms with Crippen LogP contribution in [-0.2, 0) is 10.0 Å². The van der Waals surface area contributed by atoms with Crippen LogP contribution < -0.4 is 14.4 Å². The molecular formula is C21H26N2O4S. The Balaban J connectivity index is 1.62. The number of carbonyl (C=O) groups excluding carboxylic acids is 1. The first kappa shape index (κ1) is 20.2. The average molecular weight is 403 g/mol. The second-order valence-electron chi connectivity index (χ2n) is 6.98. The van der Waals surface area contributed by atoms with Crippen LogP contribution >= 0.6 is 0 Å². The minimum atomic E-state index is -3.34. The van der Waals surface area contributed by atoms with Crippen molar-refractivity contribution in [2.45, 2.75) is 38.7 Å². The molecule has 0 bridgehead atoms. The quantitative estimate of drug-likeness (QED) is 0.758. The molecule has 3 rings (SSSR count). The number of carbonyl (C=O) groups is 1. The van der Waals surface area contributed by atoms with Crippen LogP contribution in [-0.4, -0.2) is 33.2 Å². The number of hydrogen-bond donors (Lipinski definition) is 1. The average Bonchev–Trinajstić information content (AvgIpc) is 3.16. The summed E-state index contributed by atoms with van der Waals surface area (Å²) in [7, 11) is -3.34. The van der Waals surface area contributed by atoms with E-state index in [-0.39, 0.29) is 5.91 Å². The molecule has 0 heterocycles. The fourth-order valence-electron chi connectivity index (χ4n) is 3.41. The van der Waals surface area contributed by atoms with Crippen molar-refractivity contribution < 1.29 is 17.9 Å². The molecule has 1 amide bonds.